The fraction of sp³-hybridized carbons (Fsp3) is 0.0722. The van der Waals surface area contributed by atoms with E-state index in [9.17, 15) is 40.2 Å². The number of fused-ring (bicyclic) bond motifs is 4. The number of anilines is 6. The number of nitrogens with zero attached hydrogens (tertiary/aromatic N) is 12. The standard InChI is InChI=1S/C34H27N5O2.C32H28N6O3.C31H25N5O3.3Cu/c1-21-8-9-24-18-28(11-10-23(24)16-21)36-37-29-13-15-31(32(40)20-29)38-39-33-22(2)17-25-19-27(12-14-30(25)34(33)41)35-26-6-4-3-5-7-26;1-19-9-11-24(12-10-19)35-36-28-18-30(40)29(17-27(28)33-21(3)39)37-38-31-20(2)15-22-16-25(13-14-26(22)32(31)41)34-23-7-5-4-6-8-23;1-19-8-10-23(11-9-19)33-34-25-13-15-27(28(37)18-25)35-36-29-20(2)16-22-17-24(12-14-26(22)30(29)38)32-31(39)21-6-4-3-5-7-21;;;/h3-20,35,40-41H,1-2H3;4-18,34,40-41H,1-3H3,(H,33,39);3-18,37-38H,1-2H3,(H,32,39);;;. The molecule has 27 heteroatoms. The molecule has 0 spiro atoms. The van der Waals surface area contributed by atoms with E-state index in [1.807, 2.05) is 216 Å². The maximum absolute atomic E-state index is 12.5. The minimum absolute atomic E-state index is 0. The Bertz CT molecular complexity index is 6810. The normalized spacial score (nSPS) is 11.2. The fourth-order valence-electron chi connectivity index (χ4n) is 12.9. The van der Waals surface area contributed by atoms with E-state index >= 15 is 0 Å². The zero-order chi connectivity index (χ0) is 84.6. The Kier molecular flexibility index (Phi) is 30.0. The third-order valence-corrected chi connectivity index (χ3v) is 19.2. The molecule has 10 N–H and O–H groups in total. The predicted octanol–water partition coefficient (Wildman–Crippen LogP) is 28.9. The van der Waals surface area contributed by atoms with Gasteiger partial charge in [0, 0.05) is 126 Å². The van der Waals surface area contributed by atoms with Gasteiger partial charge in [-0.15, -0.1) is 35.8 Å². The molecular weight excluding hydrogens is 1710 g/mol. The summed E-state index contributed by atoms with van der Waals surface area (Å²) in [6.07, 6.45) is 0. The van der Waals surface area contributed by atoms with E-state index in [1.165, 1.54) is 36.8 Å². The van der Waals surface area contributed by atoms with Crippen LogP contribution in [0.15, 0.2) is 359 Å². The van der Waals surface area contributed by atoms with Crippen molar-refractivity contribution in [3.63, 3.8) is 0 Å². The molecule has 0 unspecified atom stereocenters. The average molecular weight is 1790 g/mol. The molecule has 0 atom stereocenters. The number of para-hydroxylation sites is 2. The zero-order valence-electron chi connectivity index (χ0n) is 67.6. The van der Waals surface area contributed by atoms with Crippen molar-refractivity contribution in [2.24, 2.45) is 61.4 Å². The van der Waals surface area contributed by atoms with Crippen LogP contribution in [0.25, 0.3) is 43.1 Å². The van der Waals surface area contributed by atoms with Gasteiger partial charge in [0.05, 0.1) is 34.1 Å². The molecular formula is C97H80Cu3N16O8. The van der Waals surface area contributed by atoms with Crippen LogP contribution < -0.4 is 21.3 Å². The molecule has 0 bridgehead atoms. The van der Waals surface area contributed by atoms with Crippen LogP contribution in [0.1, 0.15) is 50.7 Å². The van der Waals surface area contributed by atoms with Gasteiger partial charge in [0.25, 0.3) is 5.91 Å². The molecule has 0 aliphatic rings. The van der Waals surface area contributed by atoms with Crippen LogP contribution in [0.4, 0.5) is 102 Å². The van der Waals surface area contributed by atoms with Crippen molar-refractivity contribution in [1.82, 2.24) is 0 Å². The molecule has 0 saturated carbocycles. The summed E-state index contributed by atoms with van der Waals surface area (Å²) in [6, 6.07) is 90.5. The van der Waals surface area contributed by atoms with E-state index < -0.39 is 0 Å². The molecule has 0 aliphatic heterocycles. The molecule has 16 aromatic carbocycles. The maximum Gasteiger partial charge on any atom is 0.255 e. The number of carbonyl (C=O) groups is 2. The number of nitrogens with one attached hydrogen (secondary N) is 4. The second-order valence-corrected chi connectivity index (χ2v) is 28.6. The molecule has 24 nitrogen and oxygen atoms in total. The first-order valence-electron chi connectivity index (χ1n) is 38.3. The number of phenols is 6. The van der Waals surface area contributed by atoms with Gasteiger partial charge in [-0.2, -0.15) is 25.6 Å². The molecule has 0 saturated heterocycles. The van der Waals surface area contributed by atoms with E-state index in [2.05, 4.69) is 108 Å². The molecule has 16 aromatic rings. The molecule has 629 valence electrons. The molecule has 0 heterocycles. The summed E-state index contributed by atoms with van der Waals surface area (Å²) in [6.45, 7) is 12.9. The van der Waals surface area contributed by atoms with Gasteiger partial charge in [0.2, 0.25) is 5.91 Å². The largest absolute Gasteiger partial charge is 0.506 e. The number of azo groups is 6. The molecule has 124 heavy (non-hydrogen) atoms. The Morgan fingerprint density at radius 3 is 1.07 bits per heavy atom. The van der Waals surface area contributed by atoms with Crippen molar-refractivity contribution in [3.8, 4) is 34.5 Å². The van der Waals surface area contributed by atoms with Gasteiger partial charge in [-0.1, -0.05) is 120 Å². The summed E-state index contributed by atoms with van der Waals surface area (Å²) in [5.41, 5.74) is 15.5. The van der Waals surface area contributed by atoms with Gasteiger partial charge in [0.15, 0.2) is 17.2 Å². The van der Waals surface area contributed by atoms with Crippen LogP contribution in [-0.4, -0.2) is 42.5 Å². The summed E-state index contributed by atoms with van der Waals surface area (Å²) < 4.78 is 0. The van der Waals surface area contributed by atoms with Gasteiger partial charge in [-0.3, -0.25) is 9.59 Å². The van der Waals surface area contributed by atoms with Gasteiger partial charge in [-0.25, -0.2) is 0 Å². The van der Waals surface area contributed by atoms with E-state index in [-0.39, 0.29) is 132 Å². The molecule has 16 rings (SSSR count). The zero-order valence-corrected chi connectivity index (χ0v) is 70.4. The van der Waals surface area contributed by atoms with Crippen LogP contribution >= 0.6 is 0 Å². The van der Waals surface area contributed by atoms with Crippen LogP contribution in [0.2, 0.25) is 0 Å². The summed E-state index contributed by atoms with van der Waals surface area (Å²) in [7, 11) is 0. The summed E-state index contributed by atoms with van der Waals surface area (Å²) in [5.74, 6) is -0.999. The van der Waals surface area contributed by atoms with Crippen LogP contribution in [0.3, 0.4) is 0 Å². The summed E-state index contributed by atoms with van der Waals surface area (Å²) in [5, 5.41) is 134. The number of aromatic hydroxyl groups is 6. The van der Waals surface area contributed by atoms with Crippen molar-refractivity contribution in [1.29, 1.82) is 0 Å². The van der Waals surface area contributed by atoms with Gasteiger partial charge in [-0.05, 0) is 261 Å². The fourth-order valence-corrected chi connectivity index (χ4v) is 12.9. The first-order chi connectivity index (χ1) is 58.6. The van der Waals surface area contributed by atoms with Crippen LogP contribution in [0.5, 0.6) is 34.5 Å². The molecule has 0 aromatic heterocycles. The Morgan fingerprint density at radius 2 is 0.621 bits per heavy atom. The maximum atomic E-state index is 12.5. The monoisotopic (exact) mass is 1790 g/mol. The van der Waals surface area contributed by atoms with Crippen LogP contribution in [-0.2, 0) is 56.0 Å². The van der Waals surface area contributed by atoms with Crippen molar-refractivity contribution >= 4 is 157 Å². The summed E-state index contributed by atoms with van der Waals surface area (Å²) >= 11 is 0. The third kappa shape index (κ3) is 22.8. The minimum atomic E-state index is -0.325. The Hall–Kier alpha value is -14.9. The number of hydrogen-bond donors (Lipinski definition) is 10. The smallest absolute Gasteiger partial charge is 0.255 e. The number of benzene rings is 16. The third-order valence-electron chi connectivity index (χ3n) is 19.2. The average Bonchev–Trinajstić information content (AvgIpc) is 0.789. The van der Waals surface area contributed by atoms with E-state index in [1.54, 1.807) is 73.7 Å². The number of rotatable bonds is 19. The van der Waals surface area contributed by atoms with E-state index in [4.69, 9.17) is 0 Å². The minimum Gasteiger partial charge on any atom is -0.506 e. The van der Waals surface area contributed by atoms with Crippen molar-refractivity contribution in [2.75, 3.05) is 21.3 Å². The SMILES string of the molecule is CC(=O)Nc1cc(N=Nc2c(C)cc3cc(Nc4ccccc4)ccc3c2O)c(O)cc1N=Nc1ccc(C)cc1.Cc1ccc(N=Nc2ccc(N=Nc3c(C)cc4cc(NC(=O)c5ccccc5)ccc4c3O)c(O)c2)cc1.Cc1ccc2cc(N=Nc3ccc(N=Nc4c(C)cc5cc(Nc6ccccc6)ccc5c4O)c(O)c3)ccc2c1.[Cu].[Cu].[Cu]. The van der Waals surface area contributed by atoms with Gasteiger partial charge < -0.3 is 51.9 Å². The second kappa shape index (κ2) is 41.4. The Balaban J connectivity index is 0.000000179. The predicted molar refractivity (Wildman–Crippen MR) is 480 cm³/mol. The van der Waals surface area contributed by atoms with E-state index in [0.29, 0.717) is 72.7 Å². The van der Waals surface area contributed by atoms with Crippen LogP contribution in [0, 0.1) is 41.5 Å². The first kappa shape index (κ1) is 89.8. The number of amides is 2. The first-order valence-corrected chi connectivity index (χ1v) is 38.3. The van der Waals surface area contributed by atoms with Crippen molar-refractivity contribution < 1.29 is 91.4 Å². The van der Waals surface area contributed by atoms with Crippen molar-refractivity contribution in [2.45, 2.75) is 48.5 Å². The van der Waals surface area contributed by atoms with Crippen molar-refractivity contribution in [3.05, 3.63) is 336 Å². The number of carbonyl (C=O) groups excluding carboxylic acids is 2. The molecule has 3 radical (unpaired) electrons. The molecule has 0 aliphatic carbocycles. The number of aryl methyl sites for hydroxylation is 6. The Morgan fingerprint density at radius 1 is 0.266 bits per heavy atom. The quantitative estimate of drug-likeness (QED) is 0.0207. The molecule has 2 amide bonds. The summed E-state index contributed by atoms with van der Waals surface area (Å²) in [4.78, 5) is 24.4. The Labute approximate surface area is 745 Å². The molecule has 0 fully saturated rings. The second-order valence-electron chi connectivity index (χ2n) is 28.6. The number of phenolic OH excluding ortho intramolecular Hbond substituents is 6. The topological polar surface area (TPSA) is 352 Å². The van der Waals surface area contributed by atoms with E-state index in [0.717, 1.165) is 72.1 Å². The van der Waals surface area contributed by atoms with Gasteiger partial charge >= 0.3 is 0 Å². The van der Waals surface area contributed by atoms with Gasteiger partial charge in [0.1, 0.15) is 57.1 Å². The number of hydrogen-bond acceptors (Lipinski definition) is 22.